The topological polar surface area (TPSA) is 106 Å². The quantitative estimate of drug-likeness (QED) is 0.725. The van der Waals surface area contributed by atoms with Crippen molar-refractivity contribution < 1.29 is 9.90 Å². The predicted octanol–water partition coefficient (Wildman–Crippen LogP) is -0.437. The fourth-order valence-corrected chi connectivity index (χ4v) is 1.39. The van der Waals surface area contributed by atoms with Crippen LogP contribution < -0.4 is 5.32 Å². The Morgan fingerprint density at radius 1 is 1.50 bits per heavy atom. The van der Waals surface area contributed by atoms with Crippen molar-refractivity contribution in [1.82, 2.24) is 25.0 Å². The van der Waals surface area contributed by atoms with Gasteiger partial charge in [0.2, 0.25) is 11.6 Å². The van der Waals surface area contributed by atoms with E-state index in [2.05, 4.69) is 25.6 Å². The molecule has 0 aliphatic rings. The normalized spacial score (nSPS) is 10.6. The standard InChI is InChI=1S/C8H10N6O2/c1-4-6-7(12-13-14(6)2)11-8(10-4)9-3-5(15)16/h3H2,1-2H3,(H,15,16)(H,9,10,11). The van der Waals surface area contributed by atoms with Crippen molar-refractivity contribution >= 4 is 23.1 Å². The number of carboxylic acids is 1. The van der Waals surface area contributed by atoms with E-state index in [1.165, 1.54) is 0 Å². The van der Waals surface area contributed by atoms with Gasteiger partial charge in [0.25, 0.3) is 0 Å². The molecule has 0 aromatic carbocycles. The SMILES string of the molecule is Cc1nc(NCC(=O)O)nc2nnn(C)c12. The number of fused-ring (bicyclic) bond motifs is 1. The highest BCUT2D eigenvalue weighted by molar-refractivity contribution is 5.75. The summed E-state index contributed by atoms with van der Waals surface area (Å²) in [7, 11) is 1.75. The summed E-state index contributed by atoms with van der Waals surface area (Å²) in [5.41, 5.74) is 1.88. The summed E-state index contributed by atoms with van der Waals surface area (Å²) in [5, 5.41) is 18.8. The zero-order valence-corrected chi connectivity index (χ0v) is 8.80. The maximum Gasteiger partial charge on any atom is 0.322 e. The van der Waals surface area contributed by atoms with Gasteiger partial charge in [-0.1, -0.05) is 5.21 Å². The smallest absolute Gasteiger partial charge is 0.322 e. The zero-order valence-electron chi connectivity index (χ0n) is 8.80. The largest absolute Gasteiger partial charge is 0.480 e. The van der Waals surface area contributed by atoms with Gasteiger partial charge in [-0.2, -0.15) is 4.98 Å². The van der Waals surface area contributed by atoms with Crippen LogP contribution in [0.5, 0.6) is 0 Å². The van der Waals surface area contributed by atoms with Gasteiger partial charge < -0.3 is 10.4 Å². The third-order valence-corrected chi connectivity index (χ3v) is 2.03. The Hall–Kier alpha value is -2.25. The van der Waals surface area contributed by atoms with Gasteiger partial charge in [0.1, 0.15) is 12.1 Å². The number of carboxylic acid groups (broad SMARTS) is 1. The van der Waals surface area contributed by atoms with Gasteiger partial charge in [-0.05, 0) is 6.92 Å². The first-order valence-electron chi connectivity index (χ1n) is 4.57. The number of aliphatic carboxylic acids is 1. The number of carbonyl (C=O) groups is 1. The Kier molecular flexibility index (Phi) is 2.39. The fourth-order valence-electron chi connectivity index (χ4n) is 1.39. The van der Waals surface area contributed by atoms with E-state index in [1.54, 1.807) is 18.7 Å². The lowest BCUT2D eigenvalue weighted by Crippen LogP contribution is -2.14. The molecule has 84 valence electrons. The number of rotatable bonds is 3. The Morgan fingerprint density at radius 3 is 2.94 bits per heavy atom. The Labute approximate surface area is 90.3 Å². The summed E-state index contributed by atoms with van der Waals surface area (Å²) >= 11 is 0. The first-order chi connectivity index (χ1) is 7.58. The van der Waals surface area contributed by atoms with Crippen LogP contribution in [0.4, 0.5) is 5.95 Å². The lowest BCUT2D eigenvalue weighted by Gasteiger charge is -2.03. The molecule has 16 heavy (non-hydrogen) atoms. The molecule has 8 heteroatoms. The third kappa shape index (κ3) is 1.76. The van der Waals surface area contributed by atoms with Crippen LogP contribution in [0.3, 0.4) is 0 Å². The molecule has 2 N–H and O–H groups in total. The van der Waals surface area contributed by atoms with Gasteiger partial charge in [-0.3, -0.25) is 4.79 Å². The van der Waals surface area contributed by atoms with Crippen LogP contribution in [-0.2, 0) is 11.8 Å². The van der Waals surface area contributed by atoms with Gasteiger partial charge in [0.05, 0.1) is 5.69 Å². The molecule has 2 heterocycles. The Morgan fingerprint density at radius 2 is 2.25 bits per heavy atom. The minimum absolute atomic E-state index is 0.231. The van der Waals surface area contributed by atoms with Gasteiger partial charge in [-0.25, -0.2) is 9.67 Å². The molecule has 0 unspecified atom stereocenters. The number of nitrogens with one attached hydrogen (secondary N) is 1. The maximum absolute atomic E-state index is 10.4. The molecule has 0 amide bonds. The molecule has 0 saturated carbocycles. The number of hydrogen-bond acceptors (Lipinski definition) is 6. The number of aromatic nitrogens is 5. The van der Waals surface area contributed by atoms with Gasteiger partial charge in [0.15, 0.2) is 0 Å². The Balaban J connectivity index is 2.38. The number of anilines is 1. The highest BCUT2D eigenvalue weighted by Gasteiger charge is 2.10. The first-order valence-corrected chi connectivity index (χ1v) is 4.57. The van der Waals surface area contributed by atoms with Crippen molar-refractivity contribution in [3.63, 3.8) is 0 Å². The highest BCUT2D eigenvalue weighted by Crippen LogP contribution is 2.13. The second kappa shape index (κ2) is 3.72. The van der Waals surface area contributed by atoms with E-state index in [1.807, 2.05) is 0 Å². The van der Waals surface area contributed by atoms with Crippen LogP contribution in [0.25, 0.3) is 11.2 Å². The summed E-state index contributed by atoms with van der Waals surface area (Å²) in [6.07, 6.45) is 0. The van der Waals surface area contributed by atoms with Crippen LogP contribution in [0.15, 0.2) is 0 Å². The summed E-state index contributed by atoms with van der Waals surface area (Å²) in [4.78, 5) is 18.5. The summed E-state index contributed by atoms with van der Waals surface area (Å²) in [6, 6.07) is 0. The molecule has 0 spiro atoms. The molecule has 8 nitrogen and oxygen atoms in total. The molecule has 2 aromatic heterocycles. The highest BCUT2D eigenvalue weighted by atomic mass is 16.4. The fraction of sp³-hybridized carbons (Fsp3) is 0.375. The number of hydrogen-bond donors (Lipinski definition) is 2. The van der Waals surface area contributed by atoms with Crippen molar-refractivity contribution in [1.29, 1.82) is 0 Å². The van der Waals surface area contributed by atoms with E-state index in [4.69, 9.17) is 5.11 Å². The van der Waals surface area contributed by atoms with Crippen LogP contribution in [0.2, 0.25) is 0 Å². The van der Waals surface area contributed by atoms with Crippen molar-refractivity contribution in [3.05, 3.63) is 5.69 Å². The number of aryl methyl sites for hydroxylation is 2. The summed E-state index contributed by atoms with van der Waals surface area (Å²) in [6.45, 7) is 1.56. The van der Waals surface area contributed by atoms with Crippen molar-refractivity contribution in [3.8, 4) is 0 Å². The minimum atomic E-state index is -0.972. The molecule has 0 fully saturated rings. The first kappa shape index (κ1) is 10.3. The molecular formula is C8H10N6O2. The van der Waals surface area contributed by atoms with E-state index in [0.717, 1.165) is 5.52 Å². The molecule has 0 aliphatic heterocycles. The van der Waals surface area contributed by atoms with Crippen molar-refractivity contribution in [2.75, 3.05) is 11.9 Å². The predicted molar refractivity (Wildman–Crippen MR) is 55.0 cm³/mol. The van der Waals surface area contributed by atoms with E-state index < -0.39 is 5.97 Å². The maximum atomic E-state index is 10.4. The molecule has 0 atom stereocenters. The summed E-state index contributed by atoms with van der Waals surface area (Å²) in [5.74, 6) is -0.728. The van der Waals surface area contributed by atoms with Crippen molar-refractivity contribution in [2.45, 2.75) is 6.92 Å². The molecule has 0 bridgehead atoms. The van der Waals surface area contributed by atoms with Crippen molar-refractivity contribution in [2.24, 2.45) is 7.05 Å². The second-order valence-corrected chi connectivity index (χ2v) is 3.27. The van der Waals surface area contributed by atoms with Gasteiger partial charge in [0, 0.05) is 7.05 Å². The van der Waals surface area contributed by atoms with E-state index in [9.17, 15) is 4.79 Å². The molecule has 0 saturated heterocycles. The average molecular weight is 222 g/mol. The van der Waals surface area contributed by atoms with Crippen LogP contribution in [-0.4, -0.2) is 42.6 Å². The van der Waals surface area contributed by atoms with Crippen LogP contribution in [0, 0.1) is 6.92 Å². The van der Waals surface area contributed by atoms with Gasteiger partial charge in [-0.15, -0.1) is 5.10 Å². The van der Waals surface area contributed by atoms with Crippen LogP contribution >= 0.6 is 0 Å². The average Bonchev–Trinajstić information content (AvgIpc) is 2.58. The monoisotopic (exact) mass is 222 g/mol. The number of nitrogens with zero attached hydrogens (tertiary/aromatic N) is 5. The van der Waals surface area contributed by atoms with Crippen LogP contribution in [0.1, 0.15) is 5.69 Å². The third-order valence-electron chi connectivity index (χ3n) is 2.03. The molecule has 0 aliphatic carbocycles. The zero-order chi connectivity index (χ0) is 11.7. The van der Waals surface area contributed by atoms with E-state index in [-0.39, 0.29) is 12.5 Å². The molecule has 2 rings (SSSR count). The second-order valence-electron chi connectivity index (χ2n) is 3.27. The van der Waals surface area contributed by atoms with Gasteiger partial charge >= 0.3 is 5.97 Å². The summed E-state index contributed by atoms with van der Waals surface area (Å²) < 4.78 is 1.58. The molecule has 0 radical (unpaired) electrons. The molecular weight excluding hydrogens is 212 g/mol. The lowest BCUT2D eigenvalue weighted by molar-refractivity contribution is -0.134. The van der Waals surface area contributed by atoms with E-state index in [0.29, 0.717) is 11.3 Å². The molecule has 2 aromatic rings. The van der Waals surface area contributed by atoms with E-state index >= 15 is 0 Å². The lowest BCUT2D eigenvalue weighted by atomic mass is 10.4. The minimum Gasteiger partial charge on any atom is -0.480 e. The Bertz CT molecular complexity index is 549.